The second-order valence-corrected chi connectivity index (χ2v) is 9.09. The average molecular weight is 456 g/mol. The molecule has 0 saturated heterocycles. The van der Waals surface area contributed by atoms with Crippen LogP contribution in [-0.4, -0.2) is 33.3 Å². The van der Waals surface area contributed by atoms with Crippen LogP contribution in [-0.2, 0) is 6.42 Å². The van der Waals surface area contributed by atoms with Crippen LogP contribution in [0.25, 0.3) is 11.3 Å². The summed E-state index contributed by atoms with van der Waals surface area (Å²) in [7, 11) is 0. The van der Waals surface area contributed by atoms with Crippen LogP contribution in [0.2, 0.25) is 0 Å². The van der Waals surface area contributed by atoms with Gasteiger partial charge in [0, 0.05) is 40.6 Å². The quantitative estimate of drug-likeness (QED) is 0.483. The molecular formula is C25H21N5O2S. The smallest absolute Gasteiger partial charge is 0.277 e. The second kappa shape index (κ2) is 8.55. The number of hydrogen-bond donors (Lipinski definition) is 1. The summed E-state index contributed by atoms with van der Waals surface area (Å²) in [5, 5.41) is 3.31. The van der Waals surface area contributed by atoms with Crippen molar-refractivity contribution in [2.45, 2.75) is 20.3 Å². The summed E-state index contributed by atoms with van der Waals surface area (Å²) >= 11 is 1.41. The van der Waals surface area contributed by atoms with Gasteiger partial charge in [-0.15, -0.1) is 11.3 Å². The van der Waals surface area contributed by atoms with E-state index in [0.29, 0.717) is 17.2 Å². The highest BCUT2D eigenvalue weighted by molar-refractivity contribution is 7.16. The fraction of sp³-hybridized carbons (Fsp3) is 0.160. The van der Waals surface area contributed by atoms with Crippen LogP contribution in [0.1, 0.15) is 36.9 Å². The second-order valence-electron chi connectivity index (χ2n) is 7.88. The molecule has 4 aromatic rings. The summed E-state index contributed by atoms with van der Waals surface area (Å²) in [4.78, 5) is 40.8. The van der Waals surface area contributed by atoms with Crippen LogP contribution in [0.15, 0.2) is 61.1 Å². The molecule has 5 rings (SSSR count). The fourth-order valence-electron chi connectivity index (χ4n) is 3.91. The number of anilines is 2. The van der Waals surface area contributed by atoms with Gasteiger partial charge in [0.15, 0.2) is 5.13 Å². The number of aromatic nitrogens is 3. The summed E-state index contributed by atoms with van der Waals surface area (Å²) < 4.78 is 0. The third-order valence-electron chi connectivity index (χ3n) is 5.61. The first-order valence-electron chi connectivity index (χ1n) is 10.6. The summed E-state index contributed by atoms with van der Waals surface area (Å²) in [6.07, 6.45) is 5.21. The Bertz CT molecular complexity index is 1350. The SMILES string of the molecule is Cc1ccc(C(=O)N2CCc3cc(-c4nc(NC(=O)c5cnccn5)sc4C)ccc32)cc1. The third-order valence-corrected chi connectivity index (χ3v) is 6.49. The van der Waals surface area contributed by atoms with E-state index in [1.54, 1.807) is 0 Å². The molecule has 0 atom stereocenters. The molecular weight excluding hydrogens is 434 g/mol. The lowest BCUT2D eigenvalue weighted by molar-refractivity contribution is 0.0987. The molecule has 1 aliphatic rings. The van der Waals surface area contributed by atoms with Crippen LogP contribution in [0, 0.1) is 13.8 Å². The minimum Gasteiger partial charge on any atom is -0.308 e. The van der Waals surface area contributed by atoms with Crippen molar-refractivity contribution in [3.8, 4) is 11.3 Å². The average Bonchev–Trinajstić information content (AvgIpc) is 3.42. The Balaban J connectivity index is 1.37. The predicted molar refractivity (Wildman–Crippen MR) is 129 cm³/mol. The lowest BCUT2D eigenvalue weighted by Crippen LogP contribution is -2.28. The normalized spacial score (nSPS) is 12.5. The Morgan fingerprint density at radius 1 is 1.06 bits per heavy atom. The molecule has 0 saturated carbocycles. The highest BCUT2D eigenvalue weighted by atomic mass is 32.1. The molecule has 0 radical (unpaired) electrons. The van der Waals surface area contributed by atoms with Crippen LogP contribution >= 0.6 is 11.3 Å². The van der Waals surface area contributed by atoms with Gasteiger partial charge in [-0.25, -0.2) is 9.97 Å². The molecule has 0 fully saturated rings. The van der Waals surface area contributed by atoms with Crippen LogP contribution in [0.3, 0.4) is 0 Å². The van der Waals surface area contributed by atoms with Crippen molar-refractivity contribution in [1.29, 1.82) is 0 Å². The van der Waals surface area contributed by atoms with E-state index in [2.05, 4.69) is 26.3 Å². The molecule has 164 valence electrons. The Morgan fingerprint density at radius 3 is 2.64 bits per heavy atom. The van der Waals surface area contributed by atoms with Crippen molar-refractivity contribution in [2.75, 3.05) is 16.8 Å². The maximum atomic E-state index is 13.0. The van der Waals surface area contributed by atoms with E-state index in [-0.39, 0.29) is 17.5 Å². The fourth-order valence-corrected chi connectivity index (χ4v) is 4.74. The lowest BCUT2D eigenvalue weighted by Gasteiger charge is -2.17. The standard InChI is InChI=1S/C25H21N5O2S/c1-15-3-5-17(6-4-15)24(32)30-12-9-18-13-19(7-8-21(18)30)22-16(2)33-25(28-22)29-23(31)20-14-26-10-11-27-20/h3-8,10-11,13-14H,9,12H2,1-2H3,(H,28,29,31). The van der Waals surface area contributed by atoms with Crippen molar-refractivity contribution in [3.63, 3.8) is 0 Å². The maximum absolute atomic E-state index is 13.0. The van der Waals surface area contributed by atoms with E-state index in [1.807, 2.05) is 55.1 Å². The van der Waals surface area contributed by atoms with E-state index in [0.717, 1.165) is 39.4 Å². The van der Waals surface area contributed by atoms with Gasteiger partial charge in [-0.05, 0) is 50.1 Å². The molecule has 1 aliphatic heterocycles. The zero-order valence-corrected chi connectivity index (χ0v) is 19.0. The molecule has 0 aliphatic carbocycles. The van der Waals surface area contributed by atoms with Gasteiger partial charge in [-0.1, -0.05) is 23.8 Å². The summed E-state index contributed by atoms with van der Waals surface area (Å²) in [6.45, 7) is 4.64. The molecule has 33 heavy (non-hydrogen) atoms. The van der Waals surface area contributed by atoms with Gasteiger partial charge in [0.2, 0.25) is 0 Å². The maximum Gasteiger partial charge on any atom is 0.277 e. The highest BCUT2D eigenvalue weighted by Crippen LogP contribution is 2.36. The molecule has 0 spiro atoms. The van der Waals surface area contributed by atoms with Gasteiger partial charge in [0.1, 0.15) is 5.69 Å². The molecule has 0 unspecified atom stereocenters. The van der Waals surface area contributed by atoms with Crippen molar-refractivity contribution >= 4 is 34.0 Å². The Hall–Kier alpha value is -3.91. The third kappa shape index (κ3) is 4.12. The molecule has 0 bridgehead atoms. The number of carbonyl (C=O) groups is 2. The number of hydrogen-bond acceptors (Lipinski definition) is 6. The Morgan fingerprint density at radius 2 is 1.88 bits per heavy atom. The van der Waals surface area contributed by atoms with E-state index in [4.69, 9.17) is 0 Å². The van der Waals surface area contributed by atoms with Gasteiger partial charge in [0.25, 0.3) is 11.8 Å². The number of thiazole rings is 1. The number of amides is 2. The molecule has 2 aromatic heterocycles. The first-order valence-corrected chi connectivity index (χ1v) is 11.4. The highest BCUT2D eigenvalue weighted by Gasteiger charge is 2.26. The van der Waals surface area contributed by atoms with Crippen molar-refractivity contribution in [1.82, 2.24) is 15.0 Å². The van der Waals surface area contributed by atoms with E-state index in [1.165, 1.54) is 29.9 Å². The number of benzene rings is 2. The molecule has 7 nitrogen and oxygen atoms in total. The minimum atomic E-state index is -0.345. The van der Waals surface area contributed by atoms with Crippen LogP contribution < -0.4 is 10.2 Å². The predicted octanol–water partition coefficient (Wildman–Crippen LogP) is 4.67. The molecule has 2 aromatic carbocycles. The van der Waals surface area contributed by atoms with Crippen molar-refractivity contribution < 1.29 is 9.59 Å². The van der Waals surface area contributed by atoms with Crippen LogP contribution in [0.5, 0.6) is 0 Å². The van der Waals surface area contributed by atoms with Crippen molar-refractivity contribution in [2.24, 2.45) is 0 Å². The lowest BCUT2D eigenvalue weighted by atomic mass is 10.1. The van der Waals surface area contributed by atoms with Gasteiger partial charge in [-0.3, -0.25) is 19.9 Å². The topological polar surface area (TPSA) is 88.1 Å². The first-order chi connectivity index (χ1) is 16.0. The van der Waals surface area contributed by atoms with Crippen LogP contribution in [0.4, 0.5) is 10.8 Å². The van der Waals surface area contributed by atoms with E-state index >= 15 is 0 Å². The summed E-state index contributed by atoms with van der Waals surface area (Å²) in [5.41, 5.74) is 5.90. The molecule has 2 amide bonds. The minimum absolute atomic E-state index is 0.0142. The molecule has 8 heteroatoms. The Kier molecular flexibility index (Phi) is 5.43. The van der Waals surface area contributed by atoms with Gasteiger partial charge in [-0.2, -0.15) is 0 Å². The number of aryl methyl sites for hydroxylation is 2. The van der Waals surface area contributed by atoms with Gasteiger partial charge < -0.3 is 4.90 Å². The number of fused-ring (bicyclic) bond motifs is 1. The number of nitrogens with one attached hydrogen (secondary N) is 1. The zero-order chi connectivity index (χ0) is 22.9. The largest absolute Gasteiger partial charge is 0.308 e. The van der Waals surface area contributed by atoms with E-state index in [9.17, 15) is 9.59 Å². The molecule has 3 heterocycles. The zero-order valence-electron chi connectivity index (χ0n) is 18.2. The monoisotopic (exact) mass is 455 g/mol. The summed E-state index contributed by atoms with van der Waals surface area (Å²) in [6, 6.07) is 13.7. The van der Waals surface area contributed by atoms with E-state index < -0.39 is 0 Å². The van der Waals surface area contributed by atoms with Gasteiger partial charge in [0.05, 0.1) is 11.9 Å². The number of rotatable bonds is 4. The number of carbonyl (C=O) groups excluding carboxylic acids is 2. The van der Waals surface area contributed by atoms with Gasteiger partial charge >= 0.3 is 0 Å². The summed E-state index contributed by atoms with van der Waals surface area (Å²) in [5.74, 6) is -0.331. The number of nitrogens with zero attached hydrogens (tertiary/aromatic N) is 4. The first kappa shape index (κ1) is 21.0. The van der Waals surface area contributed by atoms with Crippen molar-refractivity contribution in [3.05, 3.63) is 88.3 Å². The molecule has 1 N–H and O–H groups in total. The Labute approximate surface area is 195 Å².